The standard InChI is InChI=1S/C22H50N4/c1-17(11-21(7,8)24)13-26(15-19(3,4)12-18(2)23)16-20(5,6)14-22(9,10)25/h17-18H,11-16,23-25H2,1-10H3. The molecule has 158 valence electrons. The largest absolute Gasteiger partial charge is 0.328 e. The maximum atomic E-state index is 6.32. The topological polar surface area (TPSA) is 81.3 Å². The van der Waals surface area contributed by atoms with E-state index in [1.54, 1.807) is 0 Å². The molecule has 2 atom stereocenters. The molecule has 0 aliphatic rings. The molecule has 0 saturated heterocycles. The van der Waals surface area contributed by atoms with E-state index < -0.39 is 0 Å². The van der Waals surface area contributed by atoms with E-state index in [0.29, 0.717) is 5.92 Å². The lowest BCUT2D eigenvalue weighted by Gasteiger charge is -2.41. The second-order valence-electron chi connectivity index (χ2n) is 12.1. The Balaban J connectivity index is 5.21. The minimum atomic E-state index is -0.151. The Kier molecular flexibility index (Phi) is 9.30. The van der Waals surface area contributed by atoms with Gasteiger partial charge in [0.2, 0.25) is 0 Å². The fraction of sp³-hybridized carbons (Fsp3) is 1.00. The smallest absolute Gasteiger partial charge is 0.0103 e. The SMILES string of the molecule is CC(N)CC(C)(C)CN(CC(C)CC(C)(C)N)CC(C)(C)CC(C)(C)N. The van der Waals surface area contributed by atoms with E-state index in [9.17, 15) is 0 Å². The molecule has 0 aliphatic carbocycles. The third-order valence-electron chi connectivity index (χ3n) is 4.56. The summed E-state index contributed by atoms with van der Waals surface area (Å²) >= 11 is 0. The van der Waals surface area contributed by atoms with Crippen molar-refractivity contribution in [2.45, 2.75) is 106 Å². The van der Waals surface area contributed by atoms with Gasteiger partial charge in [0.1, 0.15) is 0 Å². The van der Waals surface area contributed by atoms with Gasteiger partial charge in [0.15, 0.2) is 0 Å². The van der Waals surface area contributed by atoms with Crippen LogP contribution >= 0.6 is 0 Å². The number of nitrogens with zero attached hydrogens (tertiary/aromatic N) is 1. The van der Waals surface area contributed by atoms with Gasteiger partial charge in [0, 0.05) is 36.8 Å². The van der Waals surface area contributed by atoms with E-state index in [1.165, 1.54) is 0 Å². The highest BCUT2D eigenvalue weighted by molar-refractivity contribution is 4.87. The summed E-state index contributed by atoms with van der Waals surface area (Å²) in [6.45, 7) is 25.4. The molecule has 4 heteroatoms. The second kappa shape index (κ2) is 9.36. The molecule has 0 amide bonds. The molecule has 0 spiro atoms. The Morgan fingerprint density at radius 3 is 1.58 bits per heavy atom. The lowest BCUT2D eigenvalue weighted by atomic mass is 9.79. The fourth-order valence-corrected chi connectivity index (χ4v) is 5.02. The van der Waals surface area contributed by atoms with Gasteiger partial charge >= 0.3 is 0 Å². The summed E-state index contributed by atoms with van der Waals surface area (Å²) in [4.78, 5) is 2.63. The van der Waals surface area contributed by atoms with E-state index in [4.69, 9.17) is 17.2 Å². The fourth-order valence-electron chi connectivity index (χ4n) is 5.02. The van der Waals surface area contributed by atoms with Crippen molar-refractivity contribution in [2.75, 3.05) is 19.6 Å². The van der Waals surface area contributed by atoms with Crippen LogP contribution in [0.3, 0.4) is 0 Å². The van der Waals surface area contributed by atoms with Crippen molar-refractivity contribution in [3.8, 4) is 0 Å². The van der Waals surface area contributed by atoms with Gasteiger partial charge in [-0.3, -0.25) is 0 Å². The summed E-state index contributed by atoms with van der Waals surface area (Å²) in [5.41, 5.74) is 18.8. The second-order valence-corrected chi connectivity index (χ2v) is 12.1. The summed E-state index contributed by atoms with van der Waals surface area (Å²) < 4.78 is 0. The van der Waals surface area contributed by atoms with Crippen molar-refractivity contribution in [2.24, 2.45) is 33.9 Å². The van der Waals surface area contributed by atoms with Gasteiger partial charge in [-0.2, -0.15) is 0 Å². The first-order valence-corrected chi connectivity index (χ1v) is 10.4. The minimum absolute atomic E-state index is 0.124. The van der Waals surface area contributed by atoms with Crippen LogP contribution in [0.4, 0.5) is 0 Å². The summed E-state index contributed by atoms with van der Waals surface area (Å²) in [6, 6.07) is 0.225. The van der Waals surface area contributed by atoms with E-state index >= 15 is 0 Å². The Morgan fingerprint density at radius 2 is 1.19 bits per heavy atom. The Morgan fingerprint density at radius 1 is 0.731 bits per heavy atom. The van der Waals surface area contributed by atoms with Crippen LogP contribution in [0.1, 0.15) is 88.5 Å². The van der Waals surface area contributed by atoms with Crippen molar-refractivity contribution in [3.05, 3.63) is 0 Å². The molecule has 0 aliphatic heterocycles. The normalized spacial score (nSPS) is 16.8. The van der Waals surface area contributed by atoms with Gasteiger partial charge in [0.05, 0.1) is 0 Å². The molecule has 0 rings (SSSR count). The highest BCUT2D eigenvalue weighted by Gasteiger charge is 2.32. The molecule has 4 nitrogen and oxygen atoms in total. The van der Waals surface area contributed by atoms with Gasteiger partial charge in [-0.15, -0.1) is 0 Å². The van der Waals surface area contributed by atoms with Gasteiger partial charge < -0.3 is 22.1 Å². The van der Waals surface area contributed by atoms with Crippen LogP contribution in [0.5, 0.6) is 0 Å². The number of nitrogens with two attached hydrogens (primary N) is 3. The molecule has 26 heavy (non-hydrogen) atoms. The first-order valence-electron chi connectivity index (χ1n) is 10.4. The van der Waals surface area contributed by atoms with Gasteiger partial charge in [-0.05, 0) is 70.6 Å². The van der Waals surface area contributed by atoms with E-state index in [0.717, 1.165) is 38.9 Å². The maximum Gasteiger partial charge on any atom is 0.0103 e. The predicted octanol–water partition coefficient (Wildman–Crippen LogP) is 3.97. The molecule has 0 aromatic carbocycles. The summed E-state index contributed by atoms with van der Waals surface area (Å²) in [5.74, 6) is 0.558. The molecule has 0 fully saturated rings. The van der Waals surface area contributed by atoms with Crippen LogP contribution in [-0.2, 0) is 0 Å². The molecule has 2 unspecified atom stereocenters. The third-order valence-corrected chi connectivity index (χ3v) is 4.56. The summed E-state index contributed by atoms with van der Waals surface area (Å²) in [7, 11) is 0. The van der Waals surface area contributed by atoms with Crippen LogP contribution in [-0.4, -0.2) is 41.7 Å². The molecule has 0 aromatic heterocycles. The van der Waals surface area contributed by atoms with Crippen molar-refractivity contribution >= 4 is 0 Å². The Bertz CT molecular complexity index is 399. The van der Waals surface area contributed by atoms with Crippen LogP contribution < -0.4 is 17.2 Å². The highest BCUT2D eigenvalue weighted by atomic mass is 15.1. The molecule has 0 heterocycles. The maximum absolute atomic E-state index is 6.32. The Labute approximate surface area is 164 Å². The summed E-state index contributed by atoms with van der Waals surface area (Å²) in [5, 5.41) is 0. The van der Waals surface area contributed by atoms with E-state index in [2.05, 4.69) is 74.1 Å². The average molecular weight is 371 g/mol. The highest BCUT2D eigenvalue weighted by Crippen LogP contribution is 2.31. The van der Waals surface area contributed by atoms with Crippen LogP contribution in [0, 0.1) is 16.7 Å². The first-order chi connectivity index (χ1) is 11.3. The quantitative estimate of drug-likeness (QED) is 0.485. The van der Waals surface area contributed by atoms with Crippen LogP contribution in [0.2, 0.25) is 0 Å². The number of hydrogen-bond acceptors (Lipinski definition) is 4. The molecule has 0 aromatic rings. The molecular weight excluding hydrogens is 320 g/mol. The molecule has 0 bridgehead atoms. The third kappa shape index (κ3) is 14.0. The minimum Gasteiger partial charge on any atom is -0.328 e. The summed E-state index contributed by atoms with van der Waals surface area (Å²) in [6.07, 6.45) is 3.06. The average Bonchev–Trinajstić information content (AvgIpc) is 2.16. The van der Waals surface area contributed by atoms with E-state index in [1.807, 2.05) is 0 Å². The predicted molar refractivity (Wildman–Crippen MR) is 117 cm³/mol. The molecule has 6 N–H and O–H groups in total. The zero-order chi connectivity index (χ0) is 21.0. The number of rotatable bonds is 12. The van der Waals surface area contributed by atoms with Crippen LogP contribution in [0.15, 0.2) is 0 Å². The van der Waals surface area contributed by atoms with Crippen molar-refractivity contribution < 1.29 is 0 Å². The van der Waals surface area contributed by atoms with E-state index in [-0.39, 0.29) is 27.9 Å². The first kappa shape index (κ1) is 25.8. The van der Waals surface area contributed by atoms with Crippen molar-refractivity contribution in [1.82, 2.24) is 4.90 Å². The lowest BCUT2D eigenvalue weighted by molar-refractivity contribution is 0.0862. The lowest BCUT2D eigenvalue weighted by Crippen LogP contribution is -2.47. The molecule has 0 saturated carbocycles. The van der Waals surface area contributed by atoms with Gasteiger partial charge in [0.25, 0.3) is 0 Å². The van der Waals surface area contributed by atoms with Crippen molar-refractivity contribution in [1.29, 1.82) is 0 Å². The van der Waals surface area contributed by atoms with Gasteiger partial charge in [-0.1, -0.05) is 34.6 Å². The van der Waals surface area contributed by atoms with Crippen LogP contribution in [0.25, 0.3) is 0 Å². The van der Waals surface area contributed by atoms with Gasteiger partial charge in [-0.25, -0.2) is 0 Å². The zero-order valence-corrected chi connectivity index (χ0v) is 19.6. The molecule has 0 radical (unpaired) electrons. The monoisotopic (exact) mass is 370 g/mol. The molecular formula is C22H50N4. The van der Waals surface area contributed by atoms with Crippen molar-refractivity contribution in [3.63, 3.8) is 0 Å². The zero-order valence-electron chi connectivity index (χ0n) is 19.6. The Hall–Kier alpha value is -0.160. The number of hydrogen-bond donors (Lipinski definition) is 3.